The van der Waals surface area contributed by atoms with E-state index >= 15 is 0 Å². The molecule has 0 saturated carbocycles. The second kappa shape index (κ2) is 8.30. The lowest BCUT2D eigenvalue weighted by Gasteiger charge is -2.55. The Morgan fingerprint density at radius 3 is 1.39 bits per heavy atom. The molecule has 9 rings (SSSR count). The Kier molecular flexibility index (Phi) is 4.87. The molecule has 0 bridgehead atoms. The third kappa shape index (κ3) is 3.05. The van der Waals surface area contributed by atoms with Crippen LogP contribution in [0.15, 0.2) is 115 Å². The monoisotopic (exact) mass is 567 g/mol. The van der Waals surface area contributed by atoms with Crippen LogP contribution >= 0.6 is 0 Å². The summed E-state index contributed by atoms with van der Waals surface area (Å²) in [6.45, 7) is 14.6. The van der Waals surface area contributed by atoms with E-state index in [0.717, 1.165) is 0 Å². The van der Waals surface area contributed by atoms with Gasteiger partial charge in [-0.15, -0.1) is 0 Å². The predicted molar refractivity (Wildman–Crippen MR) is 186 cm³/mol. The van der Waals surface area contributed by atoms with Crippen molar-refractivity contribution in [3.8, 4) is 22.3 Å². The van der Waals surface area contributed by atoms with Crippen molar-refractivity contribution in [3.63, 3.8) is 0 Å². The number of fused-ring (bicyclic) bond motifs is 1. The van der Waals surface area contributed by atoms with Gasteiger partial charge in [-0.1, -0.05) is 145 Å². The molecule has 0 amide bonds. The molecule has 6 aromatic carbocycles. The molecule has 0 spiro atoms. The van der Waals surface area contributed by atoms with E-state index in [4.69, 9.17) is 0 Å². The lowest BCUT2D eigenvalue weighted by atomic mass is 9.60. The molecule has 0 radical (unpaired) electrons. The summed E-state index contributed by atoms with van der Waals surface area (Å²) in [4.78, 5) is 2.65. The van der Waals surface area contributed by atoms with E-state index in [0.29, 0.717) is 0 Å². The Morgan fingerprint density at radius 2 is 0.795 bits per heavy atom. The summed E-state index contributed by atoms with van der Waals surface area (Å²) in [5.41, 5.74) is 17.4. The summed E-state index contributed by atoms with van der Waals surface area (Å²) in [7, 11) is 0. The van der Waals surface area contributed by atoms with Crippen molar-refractivity contribution in [2.75, 3.05) is 4.90 Å². The molecule has 44 heavy (non-hydrogen) atoms. The van der Waals surface area contributed by atoms with E-state index in [1.54, 1.807) is 0 Å². The van der Waals surface area contributed by atoms with Gasteiger partial charge in [0.25, 0.3) is 0 Å². The van der Waals surface area contributed by atoms with Crippen LogP contribution in [0.3, 0.4) is 0 Å². The summed E-state index contributed by atoms with van der Waals surface area (Å²) in [6, 6.07) is 43.5. The van der Waals surface area contributed by atoms with Crippen molar-refractivity contribution in [1.82, 2.24) is 0 Å². The van der Waals surface area contributed by atoms with Crippen LogP contribution < -0.4 is 4.90 Å². The van der Waals surface area contributed by atoms with Gasteiger partial charge in [-0.3, -0.25) is 0 Å². The van der Waals surface area contributed by atoms with Crippen LogP contribution in [0.4, 0.5) is 17.1 Å². The molecule has 3 aliphatic heterocycles. The van der Waals surface area contributed by atoms with Crippen LogP contribution in [0.2, 0.25) is 0 Å². The molecule has 1 heteroatoms. The topological polar surface area (TPSA) is 3.24 Å². The quantitative estimate of drug-likeness (QED) is 0.201. The van der Waals surface area contributed by atoms with Gasteiger partial charge in [-0.2, -0.15) is 0 Å². The highest BCUT2D eigenvalue weighted by molar-refractivity contribution is 6.02. The summed E-state index contributed by atoms with van der Waals surface area (Å²) in [5.74, 6) is 0. The standard InChI is InChI=1S/C43H37N/c1-41(2)32-20-12-22-34-38(32)44-39-33(41)21-13-23-35(39)43(5,6)37-25-27(24-36(40(37)44)42(34,3)4)29-17-9-10-18-30(29)31-19-11-15-26-14-7-8-16-28(26)31/h7-25H,1-6H3. The van der Waals surface area contributed by atoms with Crippen LogP contribution in [0, 0.1) is 0 Å². The van der Waals surface area contributed by atoms with Gasteiger partial charge in [0.05, 0.1) is 17.1 Å². The van der Waals surface area contributed by atoms with E-state index < -0.39 is 0 Å². The van der Waals surface area contributed by atoms with Crippen LogP contribution in [0.5, 0.6) is 0 Å². The minimum Gasteiger partial charge on any atom is -0.309 e. The molecule has 3 heterocycles. The fourth-order valence-electron chi connectivity index (χ4n) is 8.77. The fraction of sp³-hybridized carbons (Fsp3) is 0.209. The van der Waals surface area contributed by atoms with Gasteiger partial charge in [0.2, 0.25) is 0 Å². The first-order chi connectivity index (χ1) is 21.1. The van der Waals surface area contributed by atoms with Gasteiger partial charge in [-0.05, 0) is 78.5 Å². The predicted octanol–water partition coefficient (Wildman–Crippen LogP) is 11.6. The number of nitrogens with zero attached hydrogens (tertiary/aromatic N) is 1. The molecule has 0 aliphatic carbocycles. The second-order valence-corrected chi connectivity index (χ2v) is 14.6. The highest BCUT2D eigenvalue weighted by Gasteiger charge is 2.51. The molecule has 0 aromatic heterocycles. The molecule has 0 saturated heterocycles. The highest BCUT2D eigenvalue weighted by atomic mass is 15.2. The summed E-state index contributed by atoms with van der Waals surface area (Å²) in [6.07, 6.45) is 0. The van der Waals surface area contributed by atoms with Crippen LogP contribution in [0.25, 0.3) is 33.0 Å². The summed E-state index contributed by atoms with van der Waals surface area (Å²) in [5, 5.41) is 2.57. The molecule has 0 fully saturated rings. The maximum Gasteiger partial charge on any atom is 0.0544 e. The van der Waals surface area contributed by atoms with Crippen LogP contribution in [0.1, 0.15) is 74.9 Å². The molecule has 0 N–H and O–H groups in total. The van der Waals surface area contributed by atoms with E-state index in [-0.39, 0.29) is 16.2 Å². The molecule has 1 nitrogen and oxygen atoms in total. The SMILES string of the molecule is CC1(C)c2cccc3c2N2c4c1cccc4C(C)(C)c1cc(-c4ccccc4-c4cccc5ccccc45)cc(c12)C3(C)C. The Hall–Kier alpha value is -4.62. The Bertz CT molecular complexity index is 2110. The maximum atomic E-state index is 2.65. The number of hydrogen-bond donors (Lipinski definition) is 0. The van der Waals surface area contributed by atoms with E-state index in [2.05, 4.69) is 162 Å². The average molecular weight is 568 g/mol. The van der Waals surface area contributed by atoms with Crippen molar-refractivity contribution < 1.29 is 0 Å². The number of benzene rings is 6. The van der Waals surface area contributed by atoms with Gasteiger partial charge in [0.1, 0.15) is 0 Å². The smallest absolute Gasteiger partial charge is 0.0544 e. The number of anilines is 3. The first-order valence-electron chi connectivity index (χ1n) is 16.0. The van der Waals surface area contributed by atoms with E-state index in [9.17, 15) is 0 Å². The van der Waals surface area contributed by atoms with Gasteiger partial charge in [0, 0.05) is 16.2 Å². The van der Waals surface area contributed by atoms with E-state index in [1.807, 2.05) is 0 Å². The molecule has 0 unspecified atom stereocenters. The zero-order valence-electron chi connectivity index (χ0n) is 26.4. The number of para-hydroxylation sites is 2. The van der Waals surface area contributed by atoms with Gasteiger partial charge in [0.15, 0.2) is 0 Å². The van der Waals surface area contributed by atoms with Crippen LogP contribution in [-0.4, -0.2) is 0 Å². The third-order valence-electron chi connectivity index (χ3n) is 11.2. The van der Waals surface area contributed by atoms with Crippen LogP contribution in [-0.2, 0) is 16.2 Å². The van der Waals surface area contributed by atoms with Gasteiger partial charge >= 0.3 is 0 Å². The fourth-order valence-corrected chi connectivity index (χ4v) is 8.77. The first kappa shape index (κ1) is 25.8. The lowest BCUT2D eigenvalue weighted by molar-refractivity contribution is 0.567. The molecule has 6 aromatic rings. The van der Waals surface area contributed by atoms with Crippen molar-refractivity contribution >= 4 is 27.8 Å². The van der Waals surface area contributed by atoms with Crippen molar-refractivity contribution in [2.45, 2.75) is 57.8 Å². The van der Waals surface area contributed by atoms with Gasteiger partial charge in [-0.25, -0.2) is 0 Å². The summed E-state index contributed by atoms with van der Waals surface area (Å²) >= 11 is 0. The number of hydrogen-bond acceptors (Lipinski definition) is 1. The Morgan fingerprint density at radius 1 is 0.386 bits per heavy atom. The molecular weight excluding hydrogens is 530 g/mol. The maximum absolute atomic E-state index is 2.65. The van der Waals surface area contributed by atoms with Gasteiger partial charge < -0.3 is 4.90 Å². The largest absolute Gasteiger partial charge is 0.309 e. The Balaban J connectivity index is 1.38. The van der Waals surface area contributed by atoms with E-state index in [1.165, 1.54) is 83.5 Å². The first-order valence-corrected chi connectivity index (χ1v) is 16.0. The molecule has 0 atom stereocenters. The van der Waals surface area contributed by atoms with Crippen molar-refractivity contribution in [2.24, 2.45) is 0 Å². The molecule has 3 aliphatic rings. The van der Waals surface area contributed by atoms with Crippen molar-refractivity contribution in [3.05, 3.63) is 149 Å². The number of rotatable bonds is 2. The normalized spacial score (nSPS) is 17.4. The summed E-state index contributed by atoms with van der Waals surface area (Å²) < 4.78 is 0. The third-order valence-corrected chi connectivity index (χ3v) is 11.2. The Labute approximate surface area is 260 Å². The second-order valence-electron chi connectivity index (χ2n) is 14.6. The molecular formula is C43H37N. The highest BCUT2D eigenvalue weighted by Crippen LogP contribution is 2.66. The average Bonchev–Trinajstić information content (AvgIpc) is 3.03. The minimum atomic E-state index is -0.160. The van der Waals surface area contributed by atoms with Crippen molar-refractivity contribution in [1.29, 1.82) is 0 Å². The lowest BCUT2D eigenvalue weighted by Crippen LogP contribution is -2.43. The zero-order chi connectivity index (χ0) is 30.2. The minimum absolute atomic E-state index is 0.0777. The molecule has 214 valence electrons. The zero-order valence-corrected chi connectivity index (χ0v) is 26.4.